The molecular weight excluding hydrogens is 289 g/mol. The molecule has 0 heterocycles. The van der Waals surface area contributed by atoms with E-state index in [-0.39, 0.29) is 0 Å². The number of hydrogen-bond acceptors (Lipinski definition) is 4. The maximum Gasteiger partial charge on any atom is 0.356 e. The van der Waals surface area contributed by atoms with E-state index in [2.05, 4.69) is 0 Å². The lowest BCUT2D eigenvalue weighted by atomic mass is 10.2. The Balaban J connectivity index is 2.86. The minimum Gasteiger partial charge on any atom is -0.335 e. The predicted molar refractivity (Wildman–Crippen MR) is 71.7 cm³/mol. The van der Waals surface area contributed by atoms with E-state index in [9.17, 15) is 14.2 Å². The highest BCUT2D eigenvalue weighted by Crippen LogP contribution is 2.42. The zero-order valence-electron chi connectivity index (χ0n) is 10.4. The number of thioether (sulfide) groups is 1. The average Bonchev–Trinajstić information content (AvgIpc) is 2.27. The highest BCUT2D eigenvalue weighted by molar-refractivity contribution is 8.14. The number of nitrogens with one attached hydrogen (secondary N) is 1. The Bertz CT molecular complexity index is 524. The molecule has 1 aromatic rings. The van der Waals surface area contributed by atoms with Gasteiger partial charge in [-0.05, 0) is 30.8 Å². The van der Waals surface area contributed by atoms with Gasteiger partial charge in [0.15, 0.2) is 0 Å². The van der Waals surface area contributed by atoms with Crippen molar-refractivity contribution < 1.29 is 23.9 Å². The van der Waals surface area contributed by atoms with Gasteiger partial charge < -0.3 is 15.1 Å². The highest BCUT2D eigenvalue weighted by Gasteiger charge is 2.36. The van der Waals surface area contributed by atoms with Gasteiger partial charge in [-0.2, -0.15) is 0 Å². The van der Waals surface area contributed by atoms with E-state index in [0.717, 1.165) is 12.5 Å². The number of carbonyl (C=O) groups excluding carboxylic acids is 2. The van der Waals surface area contributed by atoms with Crippen LogP contribution in [0.4, 0.5) is 0 Å². The molecule has 0 saturated carbocycles. The fourth-order valence-electron chi connectivity index (χ4n) is 1.25. The van der Waals surface area contributed by atoms with E-state index >= 15 is 0 Å². The summed E-state index contributed by atoms with van der Waals surface area (Å²) in [5.41, 5.74) is 1.00. The van der Waals surface area contributed by atoms with E-state index in [1.807, 2.05) is 12.2 Å². The fourth-order valence-corrected chi connectivity index (χ4v) is 3.12. The monoisotopic (exact) mass is 303 g/mol. The van der Waals surface area contributed by atoms with Crippen molar-refractivity contribution in [1.29, 1.82) is 0 Å². The van der Waals surface area contributed by atoms with Crippen LogP contribution in [0.5, 0.6) is 0 Å². The summed E-state index contributed by atoms with van der Waals surface area (Å²) in [6, 6.07) is 6.89. The van der Waals surface area contributed by atoms with Gasteiger partial charge in [0.2, 0.25) is 16.8 Å². The number of hydrogen-bond donors (Lipinski definition) is 3. The van der Waals surface area contributed by atoms with Gasteiger partial charge >= 0.3 is 7.60 Å². The molecular formula is C11H14NO5PS. The summed E-state index contributed by atoms with van der Waals surface area (Å²) in [4.78, 5) is 41.4. The van der Waals surface area contributed by atoms with Gasteiger partial charge in [0.25, 0.3) is 0 Å². The van der Waals surface area contributed by atoms with Gasteiger partial charge in [-0.3, -0.25) is 14.2 Å². The SMILES string of the molecule is CC(=O)NC(C(=O)Sc1ccc(C)cc1)P(=O)(O)O. The van der Waals surface area contributed by atoms with E-state index in [1.165, 1.54) is 0 Å². The number of rotatable bonds is 4. The Morgan fingerprint density at radius 3 is 2.21 bits per heavy atom. The van der Waals surface area contributed by atoms with Crippen LogP contribution in [0.25, 0.3) is 0 Å². The van der Waals surface area contributed by atoms with Crippen molar-refractivity contribution in [2.24, 2.45) is 0 Å². The topological polar surface area (TPSA) is 104 Å². The molecule has 104 valence electrons. The zero-order valence-corrected chi connectivity index (χ0v) is 12.1. The second-order valence-electron chi connectivity index (χ2n) is 3.93. The lowest BCUT2D eigenvalue weighted by Gasteiger charge is -2.17. The molecule has 6 nitrogen and oxygen atoms in total. The molecule has 1 aromatic carbocycles. The summed E-state index contributed by atoms with van der Waals surface area (Å²) in [6.07, 6.45) is 0. The van der Waals surface area contributed by atoms with Crippen molar-refractivity contribution in [2.45, 2.75) is 24.5 Å². The first-order valence-corrected chi connectivity index (χ1v) is 7.80. The third-order valence-electron chi connectivity index (χ3n) is 2.14. The van der Waals surface area contributed by atoms with Crippen LogP contribution in [0.3, 0.4) is 0 Å². The lowest BCUT2D eigenvalue weighted by molar-refractivity contribution is -0.122. The summed E-state index contributed by atoms with van der Waals surface area (Å²) in [7, 11) is -4.73. The van der Waals surface area contributed by atoms with Crippen LogP contribution >= 0.6 is 19.4 Å². The first-order chi connectivity index (χ1) is 8.70. The lowest BCUT2D eigenvalue weighted by Crippen LogP contribution is -2.38. The van der Waals surface area contributed by atoms with Gasteiger partial charge in [-0.15, -0.1) is 0 Å². The van der Waals surface area contributed by atoms with E-state index in [1.54, 1.807) is 24.3 Å². The molecule has 1 rings (SSSR count). The predicted octanol–water partition coefficient (Wildman–Crippen LogP) is 1.25. The quantitative estimate of drug-likeness (QED) is 0.571. The van der Waals surface area contributed by atoms with Crippen molar-refractivity contribution in [3.63, 3.8) is 0 Å². The van der Waals surface area contributed by atoms with Gasteiger partial charge in [0.05, 0.1) is 0 Å². The Labute approximate surface area is 114 Å². The van der Waals surface area contributed by atoms with Gasteiger partial charge in [0.1, 0.15) is 0 Å². The maximum absolute atomic E-state index is 11.8. The molecule has 0 aliphatic heterocycles. The summed E-state index contributed by atoms with van der Waals surface area (Å²) >= 11 is 0.683. The Hall–Kier alpha value is -1.14. The molecule has 0 bridgehead atoms. The van der Waals surface area contributed by atoms with Crippen LogP contribution in [0.1, 0.15) is 12.5 Å². The second-order valence-corrected chi connectivity index (χ2v) is 6.70. The number of amides is 1. The Morgan fingerprint density at radius 1 is 1.26 bits per heavy atom. The van der Waals surface area contributed by atoms with Crippen LogP contribution < -0.4 is 5.32 Å². The van der Waals surface area contributed by atoms with E-state index < -0.39 is 24.4 Å². The molecule has 0 radical (unpaired) electrons. The van der Waals surface area contributed by atoms with Crippen molar-refractivity contribution in [1.82, 2.24) is 5.32 Å². The van der Waals surface area contributed by atoms with Crippen molar-refractivity contribution in [2.75, 3.05) is 0 Å². The fraction of sp³-hybridized carbons (Fsp3) is 0.273. The maximum atomic E-state index is 11.8. The first kappa shape index (κ1) is 15.9. The van der Waals surface area contributed by atoms with Gasteiger partial charge in [0, 0.05) is 11.8 Å². The van der Waals surface area contributed by atoms with E-state index in [4.69, 9.17) is 9.79 Å². The smallest absolute Gasteiger partial charge is 0.335 e. The van der Waals surface area contributed by atoms with Gasteiger partial charge in [-0.25, -0.2) is 0 Å². The molecule has 3 N–H and O–H groups in total. The van der Waals surface area contributed by atoms with E-state index in [0.29, 0.717) is 16.7 Å². The minimum absolute atomic E-state index is 0.555. The standard InChI is InChI=1S/C11H14NO5PS/c1-7-3-5-9(6-4-7)19-11(14)10(12-8(2)13)18(15,16)17/h3-6,10H,1-2H3,(H,12,13)(H2,15,16,17). The Morgan fingerprint density at radius 2 is 1.79 bits per heavy atom. The molecule has 8 heteroatoms. The zero-order chi connectivity index (χ0) is 14.6. The van der Waals surface area contributed by atoms with Crippen LogP contribution in [0.15, 0.2) is 29.2 Å². The van der Waals surface area contributed by atoms with Crippen LogP contribution in [0.2, 0.25) is 0 Å². The number of aryl methyl sites for hydroxylation is 1. The highest BCUT2D eigenvalue weighted by atomic mass is 32.2. The molecule has 0 aliphatic carbocycles. The van der Waals surface area contributed by atoms with Crippen molar-refractivity contribution >= 4 is 30.4 Å². The molecule has 0 fully saturated rings. The second kappa shape index (κ2) is 6.34. The average molecular weight is 303 g/mol. The van der Waals surface area contributed by atoms with Crippen molar-refractivity contribution in [3.05, 3.63) is 29.8 Å². The van der Waals surface area contributed by atoms with Crippen LogP contribution in [-0.4, -0.2) is 26.6 Å². The molecule has 1 unspecified atom stereocenters. The minimum atomic E-state index is -4.73. The molecule has 1 atom stereocenters. The molecule has 0 saturated heterocycles. The molecule has 0 aromatic heterocycles. The normalized spacial score (nSPS) is 12.8. The number of carbonyl (C=O) groups is 2. The first-order valence-electron chi connectivity index (χ1n) is 5.31. The summed E-state index contributed by atoms with van der Waals surface area (Å²) < 4.78 is 11.2. The number of benzene rings is 1. The third-order valence-corrected chi connectivity index (χ3v) is 4.29. The molecule has 0 spiro atoms. The Kier molecular flexibility index (Phi) is 5.31. The summed E-state index contributed by atoms with van der Waals surface area (Å²) in [5.74, 6) is -2.50. The van der Waals surface area contributed by atoms with Crippen LogP contribution in [-0.2, 0) is 14.2 Å². The largest absolute Gasteiger partial charge is 0.356 e. The summed E-state index contributed by atoms with van der Waals surface area (Å²) in [6.45, 7) is 2.97. The van der Waals surface area contributed by atoms with Gasteiger partial charge in [-0.1, -0.05) is 17.7 Å². The molecule has 0 aliphatic rings. The summed E-state index contributed by atoms with van der Waals surface area (Å²) in [5, 5.41) is 1.18. The van der Waals surface area contributed by atoms with Crippen LogP contribution in [0, 0.1) is 6.92 Å². The third kappa shape index (κ3) is 5.16. The molecule has 19 heavy (non-hydrogen) atoms. The van der Waals surface area contributed by atoms with Crippen molar-refractivity contribution in [3.8, 4) is 0 Å². The molecule has 1 amide bonds.